The topological polar surface area (TPSA) is 90.9 Å². The number of carbonyl (C=O) groups excluding carboxylic acids is 1. The first-order valence-electron chi connectivity index (χ1n) is 11.5. The smallest absolute Gasteiger partial charge is 0.257 e. The second kappa shape index (κ2) is 14.2. The summed E-state index contributed by atoms with van der Waals surface area (Å²) in [5.41, 5.74) is 0.693. The van der Waals surface area contributed by atoms with Crippen molar-refractivity contribution >= 4 is 22.0 Å². The van der Waals surface area contributed by atoms with Crippen LogP contribution in [0, 0.1) is 5.92 Å². The molecule has 0 atom stereocenters. The number of unbranched alkanes of at least 4 members (excludes halogenated alkanes) is 2. The molecule has 0 radical (unpaired) electrons. The Morgan fingerprint density at radius 2 is 1.91 bits per heavy atom. The molecule has 0 aliphatic heterocycles. The Hall–Kier alpha value is -2.06. The van der Waals surface area contributed by atoms with Gasteiger partial charge >= 0.3 is 0 Å². The number of benzene rings is 1. The van der Waals surface area contributed by atoms with E-state index >= 15 is 0 Å². The summed E-state index contributed by atoms with van der Waals surface area (Å²) in [7, 11) is -2.01. The summed E-state index contributed by atoms with van der Waals surface area (Å²) >= 11 is 0. The zero-order chi connectivity index (χ0) is 23.2. The van der Waals surface area contributed by atoms with E-state index in [0.717, 1.165) is 25.7 Å². The standard InChI is InChI=1S/C24H37NO6S/c1-3-4-8-17-32(27,28)25-24(26)14-12-21-11-13-22(30-16-15-29-2)18-23(21)31-19-20-9-6-5-7-10-20/h11-14,18,20H,3-10,15-17,19H2,1-2H3,(H,25,26). The number of amides is 1. The minimum Gasteiger partial charge on any atom is -0.493 e. The fraction of sp³-hybridized carbons (Fsp3) is 0.625. The first kappa shape index (κ1) is 26.2. The number of methoxy groups -OCH3 is 1. The van der Waals surface area contributed by atoms with Crippen LogP contribution in [-0.2, 0) is 19.6 Å². The van der Waals surface area contributed by atoms with Crippen molar-refractivity contribution in [2.24, 2.45) is 5.92 Å². The largest absolute Gasteiger partial charge is 0.493 e. The second-order valence-electron chi connectivity index (χ2n) is 8.18. The molecular weight excluding hydrogens is 430 g/mol. The lowest BCUT2D eigenvalue weighted by Crippen LogP contribution is -2.31. The van der Waals surface area contributed by atoms with E-state index in [2.05, 4.69) is 4.72 Å². The minimum atomic E-state index is -3.63. The Morgan fingerprint density at radius 1 is 1.12 bits per heavy atom. The monoisotopic (exact) mass is 467 g/mol. The van der Waals surface area contributed by atoms with Gasteiger partial charge in [0.05, 0.1) is 19.0 Å². The molecule has 1 aromatic carbocycles. The summed E-state index contributed by atoms with van der Waals surface area (Å²) in [5.74, 6) is 1.07. The molecular formula is C24H37NO6S. The highest BCUT2D eigenvalue weighted by molar-refractivity contribution is 7.90. The van der Waals surface area contributed by atoms with Gasteiger partial charge in [-0.2, -0.15) is 0 Å². The highest BCUT2D eigenvalue weighted by atomic mass is 32.2. The van der Waals surface area contributed by atoms with Crippen molar-refractivity contribution in [3.8, 4) is 11.5 Å². The lowest BCUT2D eigenvalue weighted by atomic mass is 9.90. The van der Waals surface area contributed by atoms with Gasteiger partial charge in [0.2, 0.25) is 10.0 Å². The van der Waals surface area contributed by atoms with Gasteiger partial charge < -0.3 is 14.2 Å². The molecule has 0 aromatic heterocycles. The average molecular weight is 468 g/mol. The van der Waals surface area contributed by atoms with E-state index in [-0.39, 0.29) is 5.75 Å². The van der Waals surface area contributed by atoms with E-state index in [9.17, 15) is 13.2 Å². The maximum atomic E-state index is 12.2. The third kappa shape index (κ3) is 10.0. The zero-order valence-electron chi connectivity index (χ0n) is 19.3. The van der Waals surface area contributed by atoms with Gasteiger partial charge in [0.1, 0.15) is 18.1 Å². The predicted molar refractivity (Wildman–Crippen MR) is 126 cm³/mol. The van der Waals surface area contributed by atoms with Crippen molar-refractivity contribution in [1.82, 2.24) is 4.72 Å². The van der Waals surface area contributed by atoms with Gasteiger partial charge in [-0.05, 0) is 43.4 Å². The molecule has 7 nitrogen and oxygen atoms in total. The number of ether oxygens (including phenoxy) is 3. The molecule has 1 saturated carbocycles. The molecule has 1 fully saturated rings. The van der Waals surface area contributed by atoms with Crippen LogP contribution < -0.4 is 14.2 Å². The van der Waals surface area contributed by atoms with Gasteiger partial charge in [0.15, 0.2) is 0 Å². The normalized spacial score (nSPS) is 15.1. The molecule has 0 spiro atoms. The first-order chi connectivity index (χ1) is 15.4. The summed E-state index contributed by atoms with van der Waals surface area (Å²) in [6.45, 7) is 3.51. The summed E-state index contributed by atoms with van der Waals surface area (Å²) in [6, 6.07) is 5.40. The third-order valence-corrected chi connectivity index (χ3v) is 6.77. The Balaban J connectivity index is 2.05. The zero-order valence-corrected chi connectivity index (χ0v) is 20.1. The van der Waals surface area contributed by atoms with Gasteiger partial charge in [0, 0.05) is 24.8 Å². The summed E-state index contributed by atoms with van der Waals surface area (Å²) < 4.78 is 43.0. The van der Waals surface area contributed by atoms with Crippen LogP contribution in [-0.4, -0.2) is 47.0 Å². The van der Waals surface area contributed by atoms with Gasteiger partial charge in [0.25, 0.3) is 5.91 Å². The van der Waals surface area contributed by atoms with Crippen molar-refractivity contribution in [2.45, 2.75) is 58.3 Å². The molecule has 1 aliphatic carbocycles. The van der Waals surface area contributed by atoms with Crippen LogP contribution in [0.25, 0.3) is 6.08 Å². The first-order valence-corrected chi connectivity index (χ1v) is 13.2. The Bertz CT molecular complexity index is 831. The number of rotatable bonds is 14. The molecule has 1 amide bonds. The second-order valence-corrected chi connectivity index (χ2v) is 10.0. The number of sulfonamides is 1. The highest BCUT2D eigenvalue weighted by Gasteiger charge is 2.16. The molecule has 32 heavy (non-hydrogen) atoms. The van der Waals surface area contributed by atoms with Gasteiger partial charge in [-0.3, -0.25) is 4.79 Å². The van der Waals surface area contributed by atoms with Crippen molar-refractivity contribution in [1.29, 1.82) is 0 Å². The number of carbonyl (C=O) groups is 1. The lowest BCUT2D eigenvalue weighted by molar-refractivity contribution is -0.114. The maximum Gasteiger partial charge on any atom is 0.257 e. The van der Waals surface area contributed by atoms with E-state index < -0.39 is 15.9 Å². The van der Waals surface area contributed by atoms with E-state index in [1.165, 1.54) is 25.3 Å². The molecule has 8 heteroatoms. The van der Waals surface area contributed by atoms with Crippen LogP contribution in [0.15, 0.2) is 24.3 Å². The minimum absolute atomic E-state index is 0.0519. The molecule has 1 aromatic rings. The van der Waals surface area contributed by atoms with Crippen molar-refractivity contribution < 1.29 is 27.4 Å². The molecule has 1 N–H and O–H groups in total. The summed E-state index contributed by atoms with van der Waals surface area (Å²) in [6.07, 6.45) is 11.1. The van der Waals surface area contributed by atoms with E-state index in [4.69, 9.17) is 14.2 Å². The lowest BCUT2D eigenvalue weighted by Gasteiger charge is -2.22. The van der Waals surface area contributed by atoms with Crippen molar-refractivity contribution in [2.75, 3.05) is 32.7 Å². The van der Waals surface area contributed by atoms with Crippen LogP contribution in [0.4, 0.5) is 0 Å². The van der Waals surface area contributed by atoms with Gasteiger partial charge in [-0.1, -0.05) is 39.0 Å². The third-order valence-electron chi connectivity index (χ3n) is 5.43. The molecule has 180 valence electrons. The fourth-order valence-electron chi connectivity index (χ4n) is 3.62. The van der Waals surface area contributed by atoms with E-state index in [0.29, 0.717) is 49.2 Å². The Labute approximate surface area is 192 Å². The molecule has 0 bridgehead atoms. The van der Waals surface area contributed by atoms with Crippen LogP contribution in [0.2, 0.25) is 0 Å². The van der Waals surface area contributed by atoms with E-state index in [1.54, 1.807) is 31.4 Å². The molecule has 0 saturated heterocycles. The predicted octanol–water partition coefficient (Wildman–Crippen LogP) is 4.32. The molecule has 1 aliphatic rings. The molecule has 0 unspecified atom stereocenters. The van der Waals surface area contributed by atoms with Crippen LogP contribution in [0.5, 0.6) is 11.5 Å². The highest BCUT2D eigenvalue weighted by Crippen LogP contribution is 2.29. The summed E-state index contributed by atoms with van der Waals surface area (Å²) in [5, 5.41) is 0. The van der Waals surface area contributed by atoms with Gasteiger partial charge in [-0.15, -0.1) is 0 Å². The SMILES string of the molecule is CCCCCS(=O)(=O)NC(=O)C=Cc1ccc(OCCOC)cc1OCC1CCCCC1. The quantitative estimate of drug-likeness (QED) is 0.324. The van der Waals surface area contributed by atoms with Crippen molar-refractivity contribution in [3.63, 3.8) is 0 Å². The Morgan fingerprint density at radius 3 is 2.62 bits per heavy atom. The maximum absolute atomic E-state index is 12.2. The average Bonchev–Trinajstić information content (AvgIpc) is 2.77. The Kier molecular flexibility index (Phi) is 11.6. The fourth-order valence-corrected chi connectivity index (χ4v) is 4.68. The van der Waals surface area contributed by atoms with E-state index in [1.807, 2.05) is 6.92 Å². The number of hydrogen-bond acceptors (Lipinski definition) is 6. The number of nitrogens with one attached hydrogen (secondary N) is 1. The summed E-state index contributed by atoms with van der Waals surface area (Å²) in [4.78, 5) is 12.2. The van der Waals surface area contributed by atoms with Crippen LogP contribution in [0.1, 0.15) is 63.9 Å². The van der Waals surface area contributed by atoms with Gasteiger partial charge in [-0.25, -0.2) is 13.1 Å². The number of hydrogen-bond donors (Lipinski definition) is 1. The van der Waals surface area contributed by atoms with Crippen LogP contribution in [0.3, 0.4) is 0 Å². The van der Waals surface area contributed by atoms with Crippen LogP contribution >= 0.6 is 0 Å². The molecule has 2 rings (SSSR count). The molecule has 0 heterocycles. The van der Waals surface area contributed by atoms with Crippen molar-refractivity contribution in [3.05, 3.63) is 29.8 Å².